The van der Waals surface area contributed by atoms with Gasteiger partial charge in [0.15, 0.2) is 0 Å². The number of carbonyl (C=O) groups is 4. The Hall–Kier alpha value is -2.64. The zero-order valence-corrected chi connectivity index (χ0v) is 12.0. The zero-order chi connectivity index (χ0) is 17.3. The third-order valence-electron chi connectivity index (χ3n) is 4.08. The van der Waals surface area contributed by atoms with Crippen molar-refractivity contribution in [3.05, 3.63) is 23.3 Å². The minimum absolute atomic E-state index is 0.226. The molecule has 0 bridgehead atoms. The van der Waals surface area contributed by atoms with Gasteiger partial charge in [0, 0.05) is 0 Å². The Kier molecular flexibility index (Phi) is 4.45. The first-order valence-corrected chi connectivity index (χ1v) is 6.49. The highest BCUT2D eigenvalue weighted by atomic mass is 16.4. The standard InChI is InChI=1S/C14H16O8/c1-3-13(11(19)20)5-8(10(17)18)14(4-2,12(21)22)6-7(13)9(15)16/h5-6H,3-4H2,1-2H3,(H,15,16)(H,17,18)(H,19,20)(H,21,22). The second kappa shape index (κ2) is 5.63. The van der Waals surface area contributed by atoms with Crippen molar-refractivity contribution in [3.63, 3.8) is 0 Å². The highest BCUT2D eigenvalue weighted by Crippen LogP contribution is 2.47. The van der Waals surface area contributed by atoms with Crippen molar-refractivity contribution in [3.8, 4) is 0 Å². The smallest absolute Gasteiger partial charge is 0.332 e. The molecule has 120 valence electrons. The summed E-state index contributed by atoms with van der Waals surface area (Å²) in [5.41, 5.74) is -5.44. The molecule has 1 aliphatic rings. The van der Waals surface area contributed by atoms with Gasteiger partial charge in [-0.2, -0.15) is 0 Å². The number of carboxylic acid groups (broad SMARTS) is 4. The summed E-state index contributed by atoms with van der Waals surface area (Å²) in [5.74, 6) is -6.27. The molecule has 0 aromatic heterocycles. The van der Waals surface area contributed by atoms with E-state index in [0.29, 0.717) is 0 Å². The molecular weight excluding hydrogens is 296 g/mol. The number of aliphatic carboxylic acids is 4. The SMILES string of the molecule is CCC1(C(=O)O)C=C(C(=O)O)C(CC)(C(=O)O)C=C1C(=O)O. The summed E-state index contributed by atoms with van der Waals surface area (Å²) in [6.07, 6.45) is 1.05. The van der Waals surface area contributed by atoms with Crippen LogP contribution in [0.2, 0.25) is 0 Å². The maximum Gasteiger partial charge on any atom is 0.332 e. The average Bonchev–Trinajstić information content (AvgIpc) is 2.44. The van der Waals surface area contributed by atoms with Crippen LogP contribution in [-0.2, 0) is 19.2 Å². The molecule has 2 unspecified atom stereocenters. The van der Waals surface area contributed by atoms with Crippen molar-refractivity contribution in [2.45, 2.75) is 26.7 Å². The molecule has 2 atom stereocenters. The van der Waals surface area contributed by atoms with Crippen molar-refractivity contribution in [1.82, 2.24) is 0 Å². The predicted octanol–water partition coefficient (Wildman–Crippen LogP) is 0.984. The number of hydrogen-bond acceptors (Lipinski definition) is 4. The van der Waals surface area contributed by atoms with Crippen molar-refractivity contribution in [2.24, 2.45) is 10.8 Å². The van der Waals surface area contributed by atoms with Gasteiger partial charge in [-0.25, -0.2) is 9.59 Å². The average molecular weight is 312 g/mol. The van der Waals surface area contributed by atoms with Crippen LogP contribution in [0.5, 0.6) is 0 Å². The third kappa shape index (κ3) is 2.26. The van der Waals surface area contributed by atoms with Gasteiger partial charge in [-0.15, -0.1) is 0 Å². The fourth-order valence-electron chi connectivity index (χ4n) is 2.65. The van der Waals surface area contributed by atoms with E-state index in [4.69, 9.17) is 0 Å². The van der Waals surface area contributed by atoms with E-state index in [9.17, 15) is 39.6 Å². The van der Waals surface area contributed by atoms with E-state index in [-0.39, 0.29) is 12.8 Å². The van der Waals surface area contributed by atoms with E-state index in [1.54, 1.807) is 0 Å². The van der Waals surface area contributed by atoms with Crippen LogP contribution in [0.4, 0.5) is 0 Å². The van der Waals surface area contributed by atoms with Crippen LogP contribution >= 0.6 is 0 Å². The molecule has 0 fully saturated rings. The molecule has 0 aromatic rings. The zero-order valence-electron chi connectivity index (χ0n) is 12.0. The molecule has 4 N–H and O–H groups in total. The molecule has 0 saturated heterocycles. The first kappa shape index (κ1) is 17.4. The monoisotopic (exact) mass is 312 g/mol. The van der Waals surface area contributed by atoms with Crippen molar-refractivity contribution in [1.29, 1.82) is 0 Å². The van der Waals surface area contributed by atoms with E-state index in [1.807, 2.05) is 0 Å². The van der Waals surface area contributed by atoms with E-state index >= 15 is 0 Å². The molecule has 8 heteroatoms. The fourth-order valence-corrected chi connectivity index (χ4v) is 2.65. The number of hydrogen-bond donors (Lipinski definition) is 4. The van der Waals surface area contributed by atoms with E-state index in [0.717, 1.165) is 12.2 Å². The molecule has 8 nitrogen and oxygen atoms in total. The summed E-state index contributed by atoms with van der Waals surface area (Å²) >= 11 is 0. The van der Waals surface area contributed by atoms with Gasteiger partial charge in [0.2, 0.25) is 0 Å². The summed E-state index contributed by atoms with van der Waals surface area (Å²) < 4.78 is 0. The van der Waals surface area contributed by atoms with Crippen LogP contribution in [-0.4, -0.2) is 44.3 Å². The van der Waals surface area contributed by atoms with Crippen LogP contribution in [0.3, 0.4) is 0 Å². The Bertz CT molecular complexity index is 560. The molecule has 22 heavy (non-hydrogen) atoms. The third-order valence-corrected chi connectivity index (χ3v) is 4.08. The maximum absolute atomic E-state index is 11.6. The van der Waals surface area contributed by atoms with Gasteiger partial charge in [-0.05, 0) is 12.8 Å². The lowest BCUT2D eigenvalue weighted by atomic mass is 9.63. The molecule has 1 aliphatic carbocycles. The van der Waals surface area contributed by atoms with Gasteiger partial charge in [-0.3, -0.25) is 9.59 Å². The minimum Gasteiger partial charge on any atom is -0.480 e. The molecule has 0 heterocycles. The number of carboxylic acids is 4. The summed E-state index contributed by atoms with van der Waals surface area (Å²) in [5, 5.41) is 37.4. The van der Waals surface area contributed by atoms with Crippen molar-refractivity contribution < 1.29 is 39.6 Å². The second-order valence-electron chi connectivity index (χ2n) is 4.99. The van der Waals surface area contributed by atoms with E-state index < -0.39 is 45.9 Å². The molecule has 0 saturated carbocycles. The molecule has 0 amide bonds. The first-order chi connectivity index (χ1) is 10.1. The van der Waals surface area contributed by atoms with Crippen molar-refractivity contribution in [2.75, 3.05) is 0 Å². The van der Waals surface area contributed by atoms with E-state index in [1.165, 1.54) is 13.8 Å². The van der Waals surface area contributed by atoms with Gasteiger partial charge in [-0.1, -0.05) is 26.0 Å². The summed E-state index contributed by atoms with van der Waals surface area (Å²) in [6, 6.07) is 0. The highest BCUT2D eigenvalue weighted by Gasteiger charge is 2.54. The van der Waals surface area contributed by atoms with Gasteiger partial charge in [0.05, 0.1) is 11.1 Å². The molecular formula is C14H16O8. The first-order valence-electron chi connectivity index (χ1n) is 6.49. The highest BCUT2D eigenvalue weighted by molar-refractivity contribution is 6.05. The molecule has 0 radical (unpaired) electrons. The summed E-state index contributed by atoms with van der Waals surface area (Å²) in [4.78, 5) is 46.0. The van der Waals surface area contributed by atoms with Crippen LogP contribution in [0.1, 0.15) is 26.7 Å². The Morgan fingerprint density at radius 2 is 1.05 bits per heavy atom. The Balaban J connectivity index is 3.86. The lowest BCUT2D eigenvalue weighted by Gasteiger charge is -2.37. The van der Waals surface area contributed by atoms with Crippen LogP contribution in [0.25, 0.3) is 0 Å². The van der Waals surface area contributed by atoms with Crippen LogP contribution in [0, 0.1) is 10.8 Å². The van der Waals surface area contributed by atoms with Gasteiger partial charge in [0.25, 0.3) is 0 Å². The van der Waals surface area contributed by atoms with Gasteiger partial charge in [0.1, 0.15) is 10.8 Å². The number of rotatable bonds is 6. The normalized spacial score (nSPS) is 27.5. The lowest BCUT2D eigenvalue weighted by Crippen LogP contribution is -2.44. The summed E-state index contributed by atoms with van der Waals surface area (Å²) in [7, 11) is 0. The molecule has 0 spiro atoms. The fraction of sp³-hybridized carbons (Fsp3) is 0.429. The summed E-state index contributed by atoms with van der Waals surface area (Å²) in [6.45, 7) is 2.78. The van der Waals surface area contributed by atoms with Crippen LogP contribution < -0.4 is 0 Å². The molecule has 1 rings (SSSR count). The Labute approximate surface area is 125 Å². The van der Waals surface area contributed by atoms with Gasteiger partial charge >= 0.3 is 23.9 Å². The Morgan fingerprint density at radius 1 is 0.773 bits per heavy atom. The molecule has 0 aliphatic heterocycles. The quantitative estimate of drug-likeness (QED) is 0.567. The lowest BCUT2D eigenvalue weighted by molar-refractivity contribution is -0.151. The second-order valence-corrected chi connectivity index (χ2v) is 4.99. The molecule has 0 aromatic carbocycles. The topological polar surface area (TPSA) is 149 Å². The predicted molar refractivity (Wildman–Crippen MR) is 72.2 cm³/mol. The largest absolute Gasteiger partial charge is 0.480 e. The minimum atomic E-state index is -2.08. The van der Waals surface area contributed by atoms with Gasteiger partial charge < -0.3 is 20.4 Å². The van der Waals surface area contributed by atoms with Crippen molar-refractivity contribution >= 4 is 23.9 Å². The Morgan fingerprint density at radius 3 is 1.18 bits per heavy atom. The van der Waals surface area contributed by atoms with E-state index in [2.05, 4.69) is 0 Å². The van der Waals surface area contributed by atoms with Crippen LogP contribution in [0.15, 0.2) is 23.3 Å². The maximum atomic E-state index is 11.6.